The molecule has 4 bridgehead atoms. The number of hydrogen-bond acceptors (Lipinski definition) is 4. The molecule has 132 valence electrons. The highest BCUT2D eigenvalue weighted by molar-refractivity contribution is 5.25. The van der Waals surface area contributed by atoms with Gasteiger partial charge < -0.3 is 19.7 Å². The Morgan fingerprint density at radius 1 is 0.783 bits per heavy atom. The quantitative estimate of drug-likeness (QED) is 0.818. The zero-order chi connectivity index (χ0) is 17.1. The molecule has 0 saturated carbocycles. The predicted octanol–water partition coefficient (Wildman–Crippen LogP) is 2.22. The minimum Gasteiger partial charge on any atom is -0.390 e. The van der Waals surface area contributed by atoms with E-state index >= 15 is 0 Å². The SMILES string of the molecule is CC1C(C)C2OC1C1C3OC(C(C(C)(C)O)C3C(C)(C)O)C21C. The van der Waals surface area contributed by atoms with Crippen LogP contribution in [0.5, 0.6) is 0 Å². The molecule has 0 aromatic rings. The molecular weight excluding hydrogens is 292 g/mol. The van der Waals surface area contributed by atoms with Crippen molar-refractivity contribution in [3.8, 4) is 0 Å². The minimum atomic E-state index is -0.880. The first-order chi connectivity index (χ1) is 10.4. The Morgan fingerprint density at radius 3 is 1.83 bits per heavy atom. The van der Waals surface area contributed by atoms with Crippen LogP contribution in [0.2, 0.25) is 0 Å². The third-order valence-corrected chi connectivity index (χ3v) is 7.78. The Labute approximate surface area is 139 Å². The molecule has 0 aromatic carbocycles. The first-order valence-corrected chi connectivity index (χ1v) is 9.15. The summed E-state index contributed by atoms with van der Waals surface area (Å²) >= 11 is 0. The Balaban J connectivity index is 1.81. The largest absolute Gasteiger partial charge is 0.390 e. The highest BCUT2D eigenvalue weighted by Gasteiger charge is 2.79. The van der Waals surface area contributed by atoms with Gasteiger partial charge in [-0.25, -0.2) is 0 Å². The van der Waals surface area contributed by atoms with E-state index in [1.165, 1.54) is 0 Å². The smallest absolute Gasteiger partial charge is 0.0722 e. The lowest BCUT2D eigenvalue weighted by Gasteiger charge is -2.53. The van der Waals surface area contributed by atoms with Crippen LogP contribution in [0, 0.1) is 35.0 Å². The molecule has 0 spiro atoms. The standard InChI is InChI=1S/C19H32O4/c1-8-9(2)15-19(7)12(13(8)22-15)14-10(17(3,4)20)11(16(19)23-14)18(5,6)21/h8-16,20-21H,1-7H3. The molecule has 0 aromatic heterocycles. The second kappa shape index (κ2) is 4.32. The van der Waals surface area contributed by atoms with Crippen LogP contribution in [0.1, 0.15) is 48.5 Å². The second-order valence-corrected chi connectivity index (χ2v) is 10.0. The van der Waals surface area contributed by atoms with Gasteiger partial charge in [-0.05, 0) is 39.5 Å². The topological polar surface area (TPSA) is 58.9 Å². The highest BCUT2D eigenvalue weighted by atomic mass is 16.6. The first kappa shape index (κ1) is 16.3. The van der Waals surface area contributed by atoms with Gasteiger partial charge >= 0.3 is 0 Å². The van der Waals surface area contributed by atoms with Gasteiger partial charge in [-0.3, -0.25) is 0 Å². The normalized spacial score (nSPS) is 58.0. The van der Waals surface area contributed by atoms with Gasteiger partial charge in [0.05, 0.1) is 35.6 Å². The third-order valence-electron chi connectivity index (χ3n) is 7.78. The van der Waals surface area contributed by atoms with Crippen LogP contribution in [-0.4, -0.2) is 45.8 Å². The minimum absolute atomic E-state index is 0.0219. The molecule has 0 aliphatic carbocycles. The molecular formula is C19H32O4. The van der Waals surface area contributed by atoms with Gasteiger partial charge in [-0.15, -0.1) is 0 Å². The summed E-state index contributed by atoms with van der Waals surface area (Å²) in [6.07, 6.45) is 0.364. The van der Waals surface area contributed by atoms with E-state index < -0.39 is 11.2 Å². The summed E-state index contributed by atoms with van der Waals surface area (Å²) < 4.78 is 12.9. The second-order valence-electron chi connectivity index (χ2n) is 10.0. The number of ether oxygens (including phenoxy) is 2. The molecule has 10 unspecified atom stereocenters. The molecule has 4 saturated heterocycles. The van der Waals surface area contributed by atoms with E-state index in [1.807, 2.05) is 27.7 Å². The van der Waals surface area contributed by atoms with Gasteiger partial charge in [-0.1, -0.05) is 20.8 Å². The summed E-state index contributed by atoms with van der Waals surface area (Å²) in [5.41, 5.74) is -1.80. The lowest BCUT2D eigenvalue weighted by Crippen LogP contribution is -2.62. The van der Waals surface area contributed by atoms with Crippen LogP contribution in [0.4, 0.5) is 0 Å². The summed E-state index contributed by atoms with van der Waals surface area (Å²) in [5.74, 6) is 1.25. The van der Waals surface area contributed by atoms with Crippen molar-refractivity contribution >= 4 is 0 Å². The average molecular weight is 324 g/mol. The average Bonchev–Trinajstić information content (AvgIpc) is 3.04. The number of rotatable bonds is 2. The monoisotopic (exact) mass is 324 g/mol. The van der Waals surface area contributed by atoms with E-state index in [2.05, 4.69) is 20.8 Å². The van der Waals surface area contributed by atoms with Crippen molar-refractivity contribution in [1.82, 2.24) is 0 Å². The summed E-state index contributed by atoms with van der Waals surface area (Å²) in [6.45, 7) is 14.3. The molecule has 4 heteroatoms. The maximum atomic E-state index is 10.9. The van der Waals surface area contributed by atoms with Crippen molar-refractivity contribution in [2.45, 2.75) is 84.1 Å². The van der Waals surface area contributed by atoms with Crippen LogP contribution >= 0.6 is 0 Å². The first-order valence-electron chi connectivity index (χ1n) is 9.15. The van der Waals surface area contributed by atoms with Crippen molar-refractivity contribution in [2.24, 2.45) is 35.0 Å². The predicted molar refractivity (Wildman–Crippen MR) is 86.8 cm³/mol. The fourth-order valence-corrected chi connectivity index (χ4v) is 6.78. The van der Waals surface area contributed by atoms with Gasteiger partial charge in [0.2, 0.25) is 0 Å². The molecule has 4 aliphatic rings. The number of hydrogen-bond donors (Lipinski definition) is 2. The van der Waals surface area contributed by atoms with E-state index in [0.717, 1.165) is 0 Å². The highest BCUT2D eigenvalue weighted by Crippen LogP contribution is 2.71. The van der Waals surface area contributed by atoms with E-state index in [9.17, 15) is 10.2 Å². The van der Waals surface area contributed by atoms with E-state index in [0.29, 0.717) is 17.8 Å². The third kappa shape index (κ3) is 1.76. The Bertz CT molecular complexity index is 518. The molecule has 4 nitrogen and oxygen atoms in total. The molecule has 4 aliphatic heterocycles. The van der Waals surface area contributed by atoms with Crippen molar-refractivity contribution in [3.05, 3.63) is 0 Å². The van der Waals surface area contributed by atoms with Crippen molar-refractivity contribution in [3.63, 3.8) is 0 Å². The molecule has 4 rings (SSSR count). The fraction of sp³-hybridized carbons (Fsp3) is 1.00. The van der Waals surface area contributed by atoms with E-state index in [4.69, 9.17) is 9.47 Å². The molecule has 0 radical (unpaired) electrons. The maximum absolute atomic E-state index is 10.9. The molecule has 23 heavy (non-hydrogen) atoms. The Morgan fingerprint density at radius 2 is 1.30 bits per heavy atom. The zero-order valence-electron chi connectivity index (χ0n) is 15.4. The van der Waals surface area contributed by atoms with Crippen LogP contribution in [0.15, 0.2) is 0 Å². The summed E-state index contributed by atoms with van der Waals surface area (Å²) in [5, 5.41) is 21.7. The Kier molecular flexibility index (Phi) is 3.07. The van der Waals surface area contributed by atoms with Crippen LogP contribution in [0.3, 0.4) is 0 Å². The molecule has 2 N–H and O–H groups in total. The van der Waals surface area contributed by atoms with Gasteiger partial charge in [0.15, 0.2) is 0 Å². The molecule has 4 heterocycles. The summed E-state index contributed by atoms with van der Waals surface area (Å²) in [4.78, 5) is 0. The van der Waals surface area contributed by atoms with Crippen molar-refractivity contribution < 1.29 is 19.7 Å². The van der Waals surface area contributed by atoms with Gasteiger partial charge in [0.25, 0.3) is 0 Å². The maximum Gasteiger partial charge on any atom is 0.0722 e. The summed E-state index contributed by atoms with van der Waals surface area (Å²) in [7, 11) is 0. The van der Waals surface area contributed by atoms with Crippen LogP contribution in [-0.2, 0) is 9.47 Å². The summed E-state index contributed by atoms with van der Waals surface area (Å²) in [6, 6.07) is 0. The van der Waals surface area contributed by atoms with Gasteiger partial charge in [0, 0.05) is 23.2 Å². The zero-order valence-corrected chi connectivity index (χ0v) is 15.4. The van der Waals surface area contributed by atoms with Gasteiger partial charge in [0.1, 0.15) is 0 Å². The lowest BCUT2D eigenvalue weighted by atomic mass is 9.48. The fourth-order valence-electron chi connectivity index (χ4n) is 6.78. The molecule has 0 amide bonds. The van der Waals surface area contributed by atoms with Crippen LogP contribution < -0.4 is 0 Å². The molecule has 10 atom stereocenters. The van der Waals surface area contributed by atoms with E-state index in [1.54, 1.807) is 0 Å². The van der Waals surface area contributed by atoms with Crippen molar-refractivity contribution in [1.29, 1.82) is 0 Å². The van der Waals surface area contributed by atoms with E-state index in [-0.39, 0.29) is 41.7 Å². The lowest BCUT2D eigenvalue weighted by molar-refractivity contribution is -0.125. The molecule has 4 fully saturated rings. The Hall–Kier alpha value is -0.160. The number of fused-ring (bicyclic) bond motifs is 9. The van der Waals surface area contributed by atoms with Gasteiger partial charge in [-0.2, -0.15) is 0 Å². The van der Waals surface area contributed by atoms with Crippen LogP contribution in [0.25, 0.3) is 0 Å². The van der Waals surface area contributed by atoms with Crippen molar-refractivity contribution in [2.75, 3.05) is 0 Å². The number of aliphatic hydroxyl groups is 2.